The predicted octanol–water partition coefficient (Wildman–Crippen LogP) is 2.87. The lowest BCUT2D eigenvalue weighted by molar-refractivity contribution is -0.0750. The maximum Gasteiger partial charge on any atom is 0.271 e. The minimum Gasteiger partial charge on any atom is -0.373 e. The van der Waals surface area contributed by atoms with E-state index in [9.17, 15) is 8.78 Å². The van der Waals surface area contributed by atoms with E-state index in [2.05, 4.69) is 16.9 Å². The van der Waals surface area contributed by atoms with Crippen molar-refractivity contribution in [3.63, 3.8) is 0 Å². The second-order valence-corrected chi connectivity index (χ2v) is 5.00. The zero-order valence-electron chi connectivity index (χ0n) is 12.0. The minimum absolute atomic E-state index is 0.000497. The van der Waals surface area contributed by atoms with Crippen LogP contribution in [0.3, 0.4) is 0 Å². The monoisotopic (exact) mass is 271 g/mol. The highest BCUT2D eigenvalue weighted by molar-refractivity contribution is 5.92. The van der Waals surface area contributed by atoms with Crippen LogP contribution < -0.4 is 5.32 Å². The number of alkyl halides is 2. The molecule has 0 heterocycles. The first-order valence-electron chi connectivity index (χ1n) is 6.49. The Labute approximate surface area is 114 Å². The quantitative estimate of drug-likeness (QED) is 0.629. The van der Waals surface area contributed by atoms with Gasteiger partial charge in [-0.15, -0.1) is 0 Å². The van der Waals surface area contributed by atoms with Gasteiger partial charge in [0.05, 0.1) is 6.04 Å². The van der Waals surface area contributed by atoms with Gasteiger partial charge in [0.2, 0.25) is 0 Å². The van der Waals surface area contributed by atoms with Crippen LogP contribution >= 0.6 is 0 Å². The zero-order chi connectivity index (χ0) is 14.6. The highest BCUT2D eigenvalue weighted by Gasteiger charge is 2.54. The van der Waals surface area contributed by atoms with Gasteiger partial charge in [0.25, 0.3) is 5.92 Å². The summed E-state index contributed by atoms with van der Waals surface area (Å²) < 4.78 is 28.4. The lowest BCUT2D eigenvalue weighted by Gasteiger charge is -2.30. The van der Waals surface area contributed by atoms with Gasteiger partial charge in [-0.05, 0) is 24.6 Å². The molecule has 0 aromatic heterocycles. The summed E-state index contributed by atoms with van der Waals surface area (Å²) in [7, 11) is 3.38. The second-order valence-electron chi connectivity index (χ2n) is 5.00. The van der Waals surface area contributed by atoms with Crippen LogP contribution in [0.1, 0.15) is 20.3 Å². The van der Waals surface area contributed by atoms with Crippen molar-refractivity contribution in [3.8, 4) is 0 Å². The van der Waals surface area contributed by atoms with Crippen LogP contribution in [0, 0.1) is 11.8 Å². The number of rotatable bonds is 4. The van der Waals surface area contributed by atoms with E-state index in [1.165, 1.54) is 11.1 Å². The topological polar surface area (TPSA) is 27.6 Å². The summed E-state index contributed by atoms with van der Waals surface area (Å²) in [5.41, 5.74) is 0. The SMILES string of the molecule is C=CN(/C=C\C(=N/C)NC)C1CC(C)C(C)C1(F)F. The third-order valence-electron chi connectivity index (χ3n) is 3.97. The maximum atomic E-state index is 14.2. The molecular formula is C14H23F2N3. The lowest BCUT2D eigenvalue weighted by Crippen LogP contribution is -2.41. The van der Waals surface area contributed by atoms with Gasteiger partial charge in [-0.3, -0.25) is 4.99 Å². The Kier molecular flexibility index (Phi) is 5.09. The van der Waals surface area contributed by atoms with E-state index in [0.717, 1.165) is 0 Å². The molecule has 3 nitrogen and oxygen atoms in total. The molecule has 0 aromatic carbocycles. The Morgan fingerprint density at radius 2 is 2.11 bits per heavy atom. The van der Waals surface area contributed by atoms with Gasteiger partial charge < -0.3 is 10.2 Å². The molecule has 1 aliphatic rings. The molecule has 0 aliphatic heterocycles. The van der Waals surface area contributed by atoms with Crippen molar-refractivity contribution in [2.75, 3.05) is 14.1 Å². The van der Waals surface area contributed by atoms with E-state index < -0.39 is 17.9 Å². The van der Waals surface area contributed by atoms with Crippen LogP contribution in [0.4, 0.5) is 8.78 Å². The molecular weight excluding hydrogens is 248 g/mol. The van der Waals surface area contributed by atoms with Gasteiger partial charge in [-0.25, -0.2) is 8.78 Å². The third-order valence-corrected chi connectivity index (χ3v) is 3.97. The Morgan fingerprint density at radius 1 is 1.47 bits per heavy atom. The number of nitrogens with one attached hydrogen (secondary N) is 1. The first kappa shape index (κ1) is 15.7. The number of amidine groups is 1. The third kappa shape index (κ3) is 3.14. The summed E-state index contributed by atoms with van der Waals surface area (Å²) in [6, 6.07) is -0.832. The normalized spacial score (nSPS) is 30.6. The van der Waals surface area contributed by atoms with Gasteiger partial charge in [-0.1, -0.05) is 20.4 Å². The Morgan fingerprint density at radius 3 is 2.47 bits per heavy atom. The van der Waals surface area contributed by atoms with E-state index in [0.29, 0.717) is 12.3 Å². The molecule has 3 unspecified atom stereocenters. The van der Waals surface area contributed by atoms with E-state index in [4.69, 9.17) is 0 Å². The summed E-state index contributed by atoms with van der Waals surface area (Å²) in [4.78, 5) is 5.46. The van der Waals surface area contributed by atoms with Crippen molar-refractivity contribution in [1.29, 1.82) is 0 Å². The highest BCUT2D eigenvalue weighted by atomic mass is 19.3. The van der Waals surface area contributed by atoms with E-state index in [-0.39, 0.29) is 5.92 Å². The first-order valence-corrected chi connectivity index (χ1v) is 6.49. The molecule has 0 bridgehead atoms. The predicted molar refractivity (Wildman–Crippen MR) is 75.3 cm³/mol. The molecule has 0 radical (unpaired) electrons. The van der Waals surface area contributed by atoms with Crippen molar-refractivity contribution in [2.24, 2.45) is 16.8 Å². The van der Waals surface area contributed by atoms with Gasteiger partial charge in [0.15, 0.2) is 0 Å². The number of hydrogen-bond acceptors (Lipinski definition) is 2. The van der Waals surface area contributed by atoms with E-state index >= 15 is 0 Å². The van der Waals surface area contributed by atoms with Crippen LogP contribution in [0.25, 0.3) is 0 Å². The van der Waals surface area contributed by atoms with E-state index in [1.54, 1.807) is 33.3 Å². The molecule has 19 heavy (non-hydrogen) atoms. The Balaban J connectivity index is 2.90. The fourth-order valence-corrected chi connectivity index (χ4v) is 2.44. The number of aliphatic imine (C=N–C) groups is 1. The highest BCUT2D eigenvalue weighted by Crippen LogP contribution is 2.46. The molecule has 0 amide bonds. The molecule has 1 N–H and O–H groups in total. The van der Waals surface area contributed by atoms with Gasteiger partial charge in [0, 0.05) is 26.2 Å². The molecule has 0 saturated heterocycles. The molecule has 1 saturated carbocycles. The first-order chi connectivity index (χ1) is 8.88. The molecule has 3 atom stereocenters. The van der Waals surface area contributed by atoms with Crippen molar-refractivity contribution >= 4 is 5.84 Å². The van der Waals surface area contributed by atoms with Crippen molar-refractivity contribution < 1.29 is 8.78 Å². The molecule has 0 spiro atoms. The Hall–Kier alpha value is -1.39. The molecule has 5 heteroatoms. The lowest BCUT2D eigenvalue weighted by atomic mass is 9.99. The number of halogens is 2. The van der Waals surface area contributed by atoms with Crippen LogP contribution in [-0.4, -0.2) is 36.8 Å². The zero-order valence-corrected chi connectivity index (χ0v) is 12.0. The molecule has 1 aliphatic carbocycles. The minimum atomic E-state index is -2.71. The summed E-state index contributed by atoms with van der Waals surface area (Å²) in [5.74, 6) is -2.69. The van der Waals surface area contributed by atoms with Crippen molar-refractivity contribution in [2.45, 2.75) is 32.2 Å². The smallest absolute Gasteiger partial charge is 0.271 e. The number of nitrogens with zero attached hydrogens (tertiary/aromatic N) is 2. The fraction of sp³-hybridized carbons (Fsp3) is 0.643. The largest absolute Gasteiger partial charge is 0.373 e. The Bertz CT molecular complexity index is 377. The molecule has 0 aromatic rings. The molecule has 108 valence electrons. The number of likely N-dealkylation sites (N-methyl/N-ethyl adjacent to an activating group) is 1. The molecule has 1 rings (SSSR count). The van der Waals surface area contributed by atoms with Crippen LogP contribution in [0.5, 0.6) is 0 Å². The average molecular weight is 271 g/mol. The summed E-state index contributed by atoms with van der Waals surface area (Å²) in [6.45, 7) is 7.12. The standard InChI is InChI=1S/C14H23F2N3/c1-6-19(8-7-13(17-4)18-5)12-9-10(2)11(3)14(12,15)16/h6-8,10-12H,1,9H2,2-5H3,(H,17,18)/b8-7-. The summed E-state index contributed by atoms with van der Waals surface area (Å²) in [6.07, 6.45) is 5.19. The van der Waals surface area contributed by atoms with Crippen LogP contribution in [0.2, 0.25) is 0 Å². The van der Waals surface area contributed by atoms with Crippen LogP contribution in [0.15, 0.2) is 30.0 Å². The van der Waals surface area contributed by atoms with Gasteiger partial charge in [0.1, 0.15) is 5.84 Å². The maximum absolute atomic E-state index is 14.2. The van der Waals surface area contributed by atoms with Crippen molar-refractivity contribution in [1.82, 2.24) is 10.2 Å². The second kappa shape index (κ2) is 6.17. The van der Waals surface area contributed by atoms with Crippen LogP contribution in [-0.2, 0) is 0 Å². The van der Waals surface area contributed by atoms with Gasteiger partial charge >= 0.3 is 0 Å². The summed E-state index contributed by atoms with van der Waals surface area (Å²) in [5, 5.41) is 2.87. The fourth-order valence-electron chi connectivity index (χ4n) is 2.44. The van der Waals surface area contributed by atoms with Gasteiger partial charge in [-0.2, -0.15) is 0 Å². The van der Waals surface area contributed by atoms with Crippen molar-refractivity contribution in [3.05, 3.63) is 25.1 Å². The van der Waals surface area contributed by atoms with E-state index in [1.807, 2.05) is 6.92 Å². The number of hydrogen-bond donors (Lipinski definition) is 1. The average Bonchev–Trinajstić information content (AvgIpc) is 2.59. The summed E-state index contributed by atoms with van der Waals surface area (Å²) >= 11 is 0. The molecule has 1 fully saturated rings.